The lowest BCUT2D eigenvalue weighted by Crippen LogP contribution is -2.05. The molecule has 0 spiro atoms. The number of hydrogen-bond acceptors (Lipinski definition) is 3. The van der Waals surface area contributed by atoms with E-state index in [9.17, 15) is 8.78 Å². The number of benzene rings is 1. The summed E-state index contributed by atoms with van der Waals surface area (Å²) in [6, 6.07) is 4.16. The van der Waals surface area contributed by atoms with E-state index in [0.29, 0.717) is 5.52 Å². The van der Waals surface area contributed by atoms with Crippen LogP contribution < -0.4 is 5.73 Å². The Kier molecular flexibility index (Phi) is 2.29. The molecule has 92 valence electrons. The molecule has 0 radical (unpaired) electrons. The molecule has 4 nitrogen and oxygen atoms in total. The summed E-state index contributed by atoms with van der Waals surface area (Å²) in [6.45, 7) is 0.277. The van der Waals surface area contributed by atoms with E-state index in [-0.39, 0.29) is 18.0 Å². The molecule has 3 rings (SSSR count). The van der Waals surface area contributed by atoms with Crippen LogP contribution in [0.5, 0.6) is 0 Å². The third-order valence-electron chi connectivity index (χ3n) is 2.75. The highest BCUT2D eigenvalue weighted by Gasteiger charge is 2.16. The fourth-order valence-corrected chi connectivity index (χ4v) is 1.90. The molecule has 1 aromatic carbocycles. The molecule has 0 aliphatic heterocycles. The first-order valence-corrected chi connectivity index (χ1v) is 5.27. The number of furan rings is 1. The van der Waals surface area contributed by atoms with Crippen LogP contribution in [-0.4, -0.2) is 9.55 Å². The quantitative estimate of drug-likeness (QED) is 0.759. The van der Waals surface area contributed by atoms with E-state index >= 15 is 0 Å². The van der Waals surface area contributed by atoms with Crippen LogP contribution in [0.25, 0.3) is 11.0 Å². The van der Waals surface area contributed by atoms with Gasteiger partial charge in [0, 0.05) is 5.56 Å². The Bertz CT molecular complexity index is 704. The SMILES string of the molecule is Nc1nc2ccc(F)c(F)c2n1Cc1ccoc1. The zero-order chi connectivity index (χ0) is 12.7. The van der Waals surface area contributed by atoms with Gasteiger partial charge in [-0.3, -0.25) is 0 Å². The summed E-state index contributed by atoms with van der Waals surface area (Å²) in [5.41, 5.74) is 6.91. The number of imidazole rings is 1. The number of nitrogens with two attached hydrogens (primary N) is 1. The van der Waals surface area contributed by atoms with E-state index < -0.39 is 11.6 Å². The molecule has 0 amide bonds. The molecule has 0 unspecified atom stereocenters. The monoisotopic (exact) mass is 249 g/mol. The number of nitrogen functional groups attached to an aromatic ring is 1. The maximum atomic E-state index is 13.8. The highest BCUT2D eigenvalue weighted by Crippen LogP contribution is 2.24. The maximum Gasteiger partial charge on any atom is 0.201 e. The Labute approximate surface area is 101 Å². The molecular formula is C12H9F2N3O. The van der Waals surface area contributed by atoms with Gasteiger partial charge in [-0.1, -0.05) is 0 Å². The standard InChI is InChI=1S/C12H9F2N3O/c13-8-1-2-9-11(10(8)14)17(12(15)16-9)5-7-3-4-18-6-7/h1-4,6H,5H2,(H2,15,16). The largest absolute Gasteiger partial charge is 0.472 e. The van der Waals surface area contributed by atoms with Gasteiger partial charge < -0.3 is 14.7 Å². The average molecular weight is 249 g/mol. The van der Waals surface area contributed by atoms with Gasteiger partial charge in [-0.25, -0.2) is 13.8 Å². The lowest BCUT2D eigenvalue weighted by molar-refractivity contribution is 0.512. The number of rotatable bonds is 2. The molecule has 2 heterocycles. The molecule has 0 bridgehead atoms. The normalized spacial score (nSPS) is 11.2. The van der Waals surface area contributed by atoms with Crippen molar-refractivity contribution in [3.63, 3.8) is 0 Å². The van der Waals surface area contributed by atoms with Crippen molar-refractivity contribution < 1.29 is 13.2 Å². The minimum atomic E-state index is -0.944. The lowest BCUT2D eigenvalue weighted by Gasteiger charge is -2.05. The van der Waals surface area contributed by atoms with Crippen LogP contribution in [0, 0.1) is 11.6 Å². The van der Waals surface area contributed by atoms with Gasteiger partial charge in [0.2, 0.25) is 5.95 Å². The summed E-state index contributed by atoms with van der Waals surface area (Å²) in [5.74, 6) is -1.73. The summed E-state index contributed by atoms with van der Waals surface area (Å²) >= 11 is 0. The second-order valence-electron chi connectivity index (χ2n) is 3.92. The molecule has 0 saturated heterocycles. The number of anilines is 1. The Morgan fingerprint density at radius 3 is 2.83 bits per heavy atom. The molecule has 18 heavy (non-hydrogen) atoms. The Morgan fingerprint density at radius 2 is 2.11 bits per heavy atom. The fraction of sp³-hybridized carbons (Fsp3) is 0.0833. The Hall–Kier alpha value is -2.37. The van der Waals surface area contributed by atoms with Gasteiger partial charge in [-0.15, -0.1) is 0 Å². The van der Waals surface area contributed by atoms with E-state index in [0.717, 1.165) is 11.6 Å². The second kappa shape index (κ2) is 3.83. The number of hydrogen-bond donors (Lipinski definition) is 1. The van der Waals surface area contributed by atoms with Crippen molar-refractivity contribution in [2.24, 2.45) is 0 Å². The van der Waals surface area contributed by atoms with Crippen LogP contribution in [0.1, 0.15) is 5.56 Å². The summed E-state index contributed by atoms with van der Waals surface area (Å²) in [7, 11) is 0. The number of aromatic nitrogens is 2. The van der Waals surface area contributed by atoms with Gasteiger partial charge in [-0.2, -0.15) is 0 Å². The van der Waals surface area contributed by atoms with Crippen LogP contribution in [0.15, 0.2) is 35.1 Å². The van der Waals surface area contributed by atoms with E-state index in [4.69, 9.17) is 10.2 Å². The van der Waals surface area contributed by atoms with Crippen molar-refractivity contribution in [2.75, 3.05) is 5.73 Å². The van der Waals surface area contributed by atoms with Crippen LogP contribution >= 0.6 is 0 Å². The van der Waals surface area contributed by atoms with Crippen molar-refractivity contribution >= 4 is 17.0 Å². The third kappa shape index (κ3) is 1.54. The average Bonchev–Trinajstić information content (AvgIpc) is 2.94. The van der Waals surface area contributed by atoms with Crippen molar-refractivity contribution in [1.82, 2.24) is 9.55 Å². The van der Waals surface area contributed by atoms with Crippen LogP contribution in [0.4, 0.5) is 14.7 Å². The first-order valence-electron chi connectivity index (χ1n) is 5.27. The predicted molar refractivity (Wildman–Crippen MR) is 61.9 cm³/mol. The number of nitrogens with zero attached hydrogens (tertiary/aromatic N) is 2. The van der Waals surface area contributed by atoms with E-state index in [1.807, 2.05) is 0 Å². The van der Waals surface area contributed by atoms with Gasteiger partial charge in [0.05, 0.1) is 24.6 Å². The first-order chi connectivity index (χ1) is 8.66. The molecule has 0 saturated carbocycles. The van der Waals surface area contributed by atoms with Crippen LogP contribution in [0.3, 0.4) is 0 Å². The van der Waals surface area contributed by atoms with Crippen LogP contribution in [-0.2, 0) is 6.54 Å². The smallest absolute Gasteiger partial charge is 0.201 e. The highest BCUT2D eigenvalue weighted by atomic mass is 19.2. The summed E-state index contributed by atoms with van der Waals surface area (Å²) in [5, 5.41) is 0. The second-order valence-corrected chi connectivity index (χ2v) is 3.92. The van der Waals surface area contributed by atoms with Gasteiger partial charge in [0.15, 0.2) is 11.6 Å². The molecule has 3 aromatic rings. The predicted octanol–water partition coefficient (Wildman–Crippen LogP) is 2.54. The fourth-order valence-electron chi connectivity index (χ4n) is 1.90. The van der Waals surface area contributed by atoms with Crippen molar-refractivity contribution in [3.8, 4) is 0 Å². The molecule has 0 aliphatic carbocycles. The number of fused-ring (bicyclic) bond motifs is 1. The van der Waals surface area contributed by atoms with Crippen molar-refractivity contribution in [3.05, 3.63) is 47.9 Å². The van der Waals surface area contributed by atoms with Gasteiger partial charge in [0.25, 0.3) is 0 Å². The topological polar surface area (TPSA) is 57.0 Å². The highest BCUT2D eigenvalue weighted by molar-refractivity contribution is 5.79. The molecule has 2 aromatic heterocycles. The maximum absolute atomic E-state index is 13.8. The zero-order valence-corrected chi connectivity index (χ0v) is 9.23. The van der Waals surface area contributed by atoms with Gasteiger partial charge >= 0.3 is 0 Å². The first kappa shape index (κ1) is 10.8. The van der Waals surface area contributed by atoms with Crippen molar-refractivity contribution in [1.29, 1.82) is 0 Å². The Balaban J connectivity index is 2.21. The molecule has 6 heteroatoms. The van der Waals surface area contributed by atoms with E-state index in [1.54, 1.807) is 6.07 Å². The van der Waals surface area contributed by atoms with Crippen LogP contribution in [0.2, 0.25) is 0 Å². The van der Waals surface area contributed by atoms with E-state index in [2.05, 4.69) is 4.98 Å². The molecule has 0 aliphatic rings. The van der Waals surface area contributed by atoms with Crippen molar-refractivity contribution in [2.45, 2.75) is 6.54 Å². The third-order valence-corrected chi connectivity index (χ3v) is 2.75. The number of halogens is 2. The van der Waals surface area contributed by atoms with E-state index in [1.165, 1.54) is 23.2 Å². The molecule has 0 atom stereocenters. The zero-order valence-electron chi connectivity index (χ0n) is 9.23. The summed E-state index contributed by atoms with van der Waals surface area (Å²) < 4.78 is 33.4. The van der Waals surface area contributed by atoms with Gasteiger partial charge in [0.1, 0.15) is 5.52 Å². The Morgan fingerprint density at radius 1 is 1.28 bits per heavy atom. The molecular weight excluding hydrogens is 240 g/mol. The van der Waals surface area contributed by atoms with Gasteiger partial charge in [-0.05, 0) is 18.2 Å². The molecule has 0 fully saturated rings. The summed E-state index contributed by atoms with van der Waals surface area (Å²) in [6.07, 6.45) is 3.02. The minimum absolute atomic E-state index is 0.0636. The summed E-state index contributed by atoms with van der Waals surface area (Å²) in [4.78, 5) is 4.00. The lowest BCUT2D eigenvalue weighted by atomic mass is 10.2. The minimum Gasteiger partial charge on any atom is -0.472 e. The molecule has 2 N–H and O–H groups in total.